The Morgan fingerprint density at radius 2 is 1.41 bits per heavy atom. The van der Waals surface area contributed by atoms with E-state index in [1.165, 1.54) is 31.4 Å². The van der Waals surface area contributed by atoms with Crippen LogP contribution in [0.5, 0.6) is 5.75 Å². The Morgan fingerprint density at radius 3 is 1.71 bits per heavy atom. The number of hydrogen-bond donors (Lipinski definition) is 4. The summed E-state index contributed by atoms with van der Waals surface area (Å²) in [6.07, 6.45) is 0. The summed E-state index contributed by atoms with van der Waals surface area (Å²) in [6, 6.07) is 5.16. The molecule has 0 bridgehead atoms. The maximum Gasteiger partial charge on any atom is 0.345 e. The van der Waals surface area contributed by atoms with E-state index in [-0.39, 0.29) is 5.56 Å². The van der Waals surface area contributed by atoms with Crippen molar-refractivity contribution in [2.75, 3.05) is 7.11 Å². The van der Waals surface area contributed by atoms with Crippen molar-refractivity contribution < 1.29 is 33.4 Å². The molecule has 96 valence electrons. The van der Waals surface area contributed by atoms with E-state index in [1.807, 2.05) is 0 Å². The molecule has 0 saturated heterocycles. The highest BCUT2D eigenvalue weighted by Crippen LogP contribution is 2.69. The van der Waals surface area contributed by atoms with Crippen LogP contribution in [0.15, 0.2) is 24.3 Å². The van der Waals surface area contributed by atoms with Crippen molar-refractivity contribution in [2.24, 2.45) is 0 Å². The Kier molecular flexibility index (Phi) is 4.15. The van der Waals surface area contributed by atoms with E-state index in [2.05, 4.69) is 0 Å². The minimum absolute atomic E-state index is 0.132. The van der Waals surface area contributed by atoms with E-state index in [9.17, 15) is 9.13 Å². The second-order valence-electron chi connectivity index (χ2n) is 3.33. The molecule has 17 heavy (non-hydrogen) atoms. The summed E-state index contributed by atoms with van der Waals surface area (Å²) < 4.78 is 27.0. The third-order valence-corrected chi connectivity index (χ3v) is 5.73. The lowest BCUT2D eigenvalue weighted by Crippen LogP contribution is -2.01. The first-order valence-corrected chi connectivity index (χ1v) is 7.77. The Labute approximate surface area is 97.4 Å². The molecule has 1 rings (SSSR count). The average molecular weight is 282 g/mol. The third-order valence-electron chi connectivity index (χ3n) is 2.05. The summed E-state index contributed by atoms with van der Waals surface area (Å²) >= 11 is 0. The number of ether oxygens (including phenoxy) is 1. The number of methoxy groups -OCH3 is 1. The SMILES string of the molecule is COc1ccc(C(P(=O)(O)O)P(=O)(O)O)cc1. The molecule has 9 heteroatoms. The van der Waals surface area contributed by atoms with E-state index in [4.69, 9.17) is 24.3 Å². The zero-order valence-electron chi connectivity index (χ0n) is 8.79. The standard InChI is InChI=1S/C8H12O7P2/c1-15-7-4-2-6(3-5-7)8(16(9,10)11)17(12,13)14/h2-5,8H,1H3,(H2,9,10,11)(H2,12,13,14). The van der Waals surface area contributed by atoms with Gasteiger partial charge in [-0.2, -0.15) is 0 Å². The first-order valence-electron chi connectivity index (χ1n) is 4.40. The topological polar surface area (TPSA) is 124 Å². The molecule has 1 aromatic carbocycles. The Hall–Kier alpha value is -0.680. The predicted octanol–water partition coefficient (Wildman–Crippen LogP) is 1.05. The van der Waals surface area contributed by atoms with Crippen LogP contribution < -0.4 is 4.74 Å². The van der Waals surface area contributed by atoms with Crippen molar-refractivity contribution in [3.05, 3.63) is 29.8 Å². The van der Waals surface area contributed by atoms with Crippen LogP contribution in [0.3, 0.4) is 0 Å². The lowest BCUT2D eigenvalue weighted by Gasteiger charge is -2.19. The summed E-state index contributed by atoms with van der Waals surface area (Å²) in [6.45, 7) is 0. The highest BCUT2D eigenvalue weighted by Gasteiger charge is 2.44. The molecule has 0 saturated carbocycles. The van der Waals surface area contributed by atoms with E-state index in [0.29, 0.717) is 5.75 Å². The van der Waals surface area contributed by atoms with E-state index < -0.39 is 20.6 Å². The molecular weight excluding hydrogens is 270 g/mol. The predicted molar refractivity (Wildman–Crippen MR) is 59.8 cm³/mol. The van der Waals surface area contributed by atoms with Gasteiger partial charge in [0.2, 0.25) is 0 Å². The first kappa shape index (κ1) is 14.4. The molecule has 0 spiro atoms. The van der Waals surface area contributed by atoms with Gasteiger partial charge in [0.1, 0.15) is 5.75 Å². The Bertz CT molecular complexity index is 449. The molecule has 4 N–H and O–H groups in total. The quantitative estimate of drug-likeness (QED) is 0.608. The molecule has 1 aromatic rings. The van der Waals surface area contributed by atoms with Crippen molar-refractivity contribution in [2.45, 2.75) is 5.40 Å². The van der Waals surface area contributed by atoms with Gasteiger partial charge < -0.3 is 24.3 Å². The van der Waals surface area contributed by atoms with Crippen molar-refractivity contribution >= 4 is 15.2 Å². The second-order valence-corrected chi connectivity index (χ2v) is 7.12. The highest BCUT2D eigenvalue weighted by molar-refractivity contribution is 7.70. The molecule has 7 nitrogen and oxygen atoms in total. The summed E-state index contributed by atoms with van der Waals surface area (Å²) in [5, 5.41) is -2.14. The van der Waals surface area contributed by atoms with Gasteiger partial charge in [-0.05, 0) is 17.7 Å². The molecule has 0 aromatic heterocycles. The number of hydrogen-bond acceptors (Lipinski definition) is 3. The zero-order chi connectivity index (χ0) is 13.3. The van der Waals surface area contributed by atoms with Crippen LogP contribution in [-0.4, -0.2) is 26.7 Å². The van der Waals surface area contributed by atoms with Gasteiger partial charge >= 0.3 is 15.2 Å². The Balaban J connectivity index is 3.24. The molecule has 0 aliphatic rings. The van der Waals surface area contributed by atoms with Crippen LogP contribution in [-0.2, 0) is 9.13 Å². The van der Waals surface area contributed by atoms with Crippen LogP contribution in [0, 0.1) is 0 Å². The van der Waals surface area contributed by atoms with Crippen LogP contribution in [0.2, 0.25) is 0 Å². The van der Waals surface area contributed by atoms with E-state index in [0.717, 1.165) is 0 Å². The summed E-state index contributed by atoms with van der Waals surface area (Å²) in [5.41, 5.74) is -0.132. The molecule has 0 aliphatic heterocycles. The summed E-state index contributed by atoms with van der Waals surface area (Å²) in [7, 11) is -8.49. The van der Waals surface area contributed by atoms with Gasteiger partial charge in [-0.15, -0.1) is 0 Å². The molecule has 0 aliphatic carbocycles. The van der Waals surface area contributed by atoms with Crippen LogP contribution in [0.1, 0.15) is 11.0 Å². The third kappa shape index (κ3) is 3.64. The lowest BCUT2D eigenvalue weighted by atomic mass is 10.2. The van der Waals surface area contributed by atoms with Gasteiger partial charge in [0.25, 0.3) is 0 Å². The normalized spacial score (nSPS) is 12.8. The number of rotatable bonds is 4. The molecule has 0 radical (unpaired) electrons. The summed E-state index contributed by atoms with van der Waals surface area (Å²) in [5.74, 6) is 0.420. The van der Waals surface area contributed by atoms with Gasteiger partial charge in [-0.25, -0.2) is 0 Å². The number of benzene rings is 1. The molecular formula is C8H12O7P2. The van der Waals surface area contributed by atoms with Crippen molar-refractivity contribution in [1.29, 1.82) is 0 Å². The van der Waals surface area contributed by atoms with Gasteiger partial charge in [0, 0.05) is 0 Å². The fourth-order valence-corrected chi connectivity index (χ4v) is 4.05. The lowest BCUT2D eigenvalue weighted by molar-refractivity contribution is 0.340. The van der Waals surface area contributed by atoms with Crippen molar-refractivity contribution in [3.8, 4) is 5.75 Å². The van der Waals surface area contributed by atoms with E-state index in [1.54, 1.807) is 0 Å². The minimum Gasteiger partial charge on any atom is -0.497 e. The second kappa shape index (κ2) is 4.90. The molecule has 0 atom stereocenters. The molecule has 0 amide bonds. The molecule has 0 unspecified atom stereocenters. The highest BCUT2D eigenvalue weighted by atomic mass is 31.2. The van der Waals surface area contributed by atoms with Crippen LogP contribution >= 0.6 is 15.2 Å². The maximum absolute atomic E-state index is 11.1. The fourth-order valence-electron chi connectivity index (χ4n) is 1.36. The minimum atomic E-state index is -4.95. The molecule has 0 fully saturated rings. The molecule has 0 heterocycles. The van der Waals surface area contributed by atoms with Gasteiger partial charge in [-0.3, -0.25) is 9.13 Å². The van der Waals surface area contributed by atoms with Gasteiger partial charge in [0.05, 0.1) is 7.11 Å². The zero-order valence-corrected chi connectivity index (χ0v) is 10.6. The van der Waals surface area contributed by atoms with Crippen LogP contribution in [0.4, 0.5) is 0 Å². The van der Waals surface area contributed by atoms with Gasteiger partial charge in [0.15, 0.2) is 5.40 Å². The fraction of sp³-hybridized carbons (Fsp3) is 0.250. The average Bonchev–Trinajstić information content (AvgIpc) is 2.14. The first-order chi connectivity index (χ1) is 7.66. The maximum atomic E-state index is 11.1. The Morgan fingerprint density at radius 1 is 1.00 bits per heavy atom. The van der Waals surface area contributed by atoms with Crippen molar-refractivity contribution in [1.82, 2.24) is 0 Å². The van der Waals surface area contributed by atoms with Crippen LogP contribution in [0.25, 0.3) is 0 Å². The van der Waals surface area contributed by atoms with E-state index >= 15 is 0 Å². The smallest absolute Gasteiger partial charge is 0.345 e. The summed E-state index contributed by atoms with van der Waals surface area (Å²) in [4.78, 5) is 35.9. The monoisotopic (exact) mass is 282 g/mol. The van der Waals surface area contributed by atoms with Gasteiger partial charge in [-0.1, -0.05) is 12.1 Å². The largest absolute Gasteiger partial charge is 0.497 e. The van der Waals surface area contributed by atoms with Crippen molar-refractivity contribution in [3.63, 3.8) is 0 Å².